The predicted molar refractivity (Wildman–Crippen MR) is 64.8 cm³/mol. The number of methoxy groups -OCH3 is 1. The first kappa shape index (κ1) is 12.8. The van der Waals surface area contributed by atoms with Crippen LogP contribution in [0.25, 0.3) is 0 Å². The van der Waals surface area contributed by atoms with Gasteiger partial charge in [0, 0.05) is 6.42 Å². The Labute approximate surface area is 106 Å². The molecule has 0 N–H and O–H groups in total. The summed E-state index contributed by atoms with van der Waals surface area (Å²) in [6.45, 7) is 0. The maximum Gasteiger partial charge on any atom is 0.123 e. The third kappa shape index (κ3) is 2.99. The molecular weight excluding hydrogens is 233 g/mol. The Bertz CT molecular complexity index is 456. The molecule has 1 aromatic rings. The molecule has 0 amide bonds. The molecular formula is C14H16FNO2. The Morgan fingerprint density at radius 3 is 2.94 bits per heavy atom. The highest BCUT2D eigenvalue weighted by Gasteiger charge is 2.26. The van der Waals surface area contributed by atoms with Gasteiger partial charge in [-0.15, -0.1) is 0 Å². The Morgan fingerprint density at radius 2 is 2.22 bits per heavy atom. The summed E-state index contributed by atoms with van der Waals surface area (Å²) in [5, 5.41) is 8.62. The number of rotatable bonds is 4. The van der Waals surface area contributed by atoms with Gasteiger partial charge in [0.05, 0.1) is 31.8 Å². The van der Waals surface area contributed by atoms with E-state index in [1.165, 1.54) is 12.1 Å². The average molecular weight is 249 g/mol. The summed E-state index contributed by atoms with van der Waals surface area (Å²) < 4.78 is 24.2. The number of hydrogen-bond donors (Lipinski definition) is 0. The lowest BCUT2D eigenvalue weighted by molar-refractivity contribution is 0.0482. The lowest BCUT2D eigenvalue weighted by atomic mass is 10.0. The fourth-order valence-corrected chi connectivity index (χ4v) is 2.33. The SMILES string of the molecule is COc1ccc(F)cc1C[C@H]1CC[C@H](CC#N)O1. The molecule has 1 heterocycles. The van der Waals surface area contributed by atoms with Gasteiger partial charge in [0.25, 0.3) is 0 Å². The lowest BCUT2D eigenvalue weighted by Crippen LogP contribution is -2.13. The minimum Gasteiger partial charge on any atom is -0.496 e. The predicted octanol–water partition coefficient (Wildman–Crippen LogP) is 2.84. The quantitative estimate of drug-likeness (QED) is 0.824. The summed E-state index contributed by atoms with van der Waals surface area (Å²) in [7, 11) is 1.57. The molecule has 4 heteroatoms. The second kappa shape index (κ2) is 5.83. The normalized spacial score (nSPS) is 22.7. The molecule has 0 aliphatic carbocycles. The summed E-state index contributed by atoms with van der Waals surface area (Å²) in [6.07, 6.45) is 2.94. The van der Waals surface area contributed by atoms with Crippen molar-refractivity contribution in [2.24, 2.45) is 0 Å². The van der Waals surface area contributed by atoms with Crippen LogP contribution in [-0.4, -0.2) is 19.3 Å². The topological polar surface area (TPSA) is 42.2 Å². The smallest absolute Gasteiger partial charge is 0.123 e. The van der Waals surface area contributed by atoms with Crippen LogP contribution >= 0.6 is 0 Å². The van der Waals surface area contributed by atoms with E-state index < -0.39 is 0 Å². The monoisotopic (exact) mass is 249 g/mol. The van der Waals surface area contributed by atoms with Crippen molar-refractivity contribution in [3.8, 4) is 11.8 Å². The van der Waals surface area contributed by atoms with Gasteiger partial charge in [-0.2, -0.15) is 5.26 Å². The minimum absolute atomic E-state index is 0.0274. The van der Waals surface area contributed by atoms with E-state index in [1.807, 2.05) is 0 Å². The first-order valence-corrected chi connectivity index (χ1v) is 6.07. The van der Waals surface area contributed by atoms with Crippen LogP contribution in [0.2, 0.25) is 0 Å². The molecule has 96 valence electrons. The zero-order chi connectivity index (χ0) is 13.0. The van der Waals surface area contributed by atoms with Gasteiger partial charge in [-0.3, -0.25) is 0 Å². The van der Waals surface area contributed by atoms with E-state index in [9.17, 15) is 4.39 Å². The van der Waals surface area contributed by atoms with Crippen molar-refractivity contribution in [2.75, 3.05) is 7.11 Å². The molecule has 2 atom stereocenters. The zero-order valence-corrected chi connectivity index (χ0v) is 10.4. The van der Waals surface area contributed by atoms with E-state index in [4.69, 9.17) is 14.7 Å². The van der Waals surface area contributed by atoms with Gasteiger partial charge in [-0.25, -0.2) is 4.39 Å². The number of ether oxygens (including phenoxy) is 2. The molecule has 18 heavy (non-hydrogen) atoms. The second-order valence-electron chi connectivity index (χ2n) is 4.48. The lowest BCUT2D eigenvalue weighted by Gasteiger charge is -2.14. The fraction of sp³-hybridized carbons (Fsp3) is 0.500. The molecule has 3 nitrogen and oxygen atoms in total. The van der Waals surface area contributed by atoms with Crippen molar-refractivity contribution >= 4 is 0 Å². The third-order valence-corrected chi connectivity index (χ3v) is 3.20. The fourth-order valence-electron chi connectivity index (χ4n) is 2.33. The number of nitriles is 1. The van der Waals surface area contributed by atoms with Crippen molar-refractivity contribution in [3.63, 3.8) is 0 Å². The van der Waals surface area contributed by atoms with Crippen molar-refractivity contribution < 1.29 is 13.9 Å². The Kier molecular flexibility index (Phi) is 4.16. The van der Waals surface area contributed by atoms with Gasteiger partial charge in [0.2, 0.25) is 0 Å². The van der Waals surface area contributed by atoms with Crippen LogP contribution in [0.4, 0.5) is 4.39 Å². The van der Waals surface area contributed by atoms with Crippen LogP contribution in [-0.2, 0) is 11.2 Å². The Morgan fingerprint density at radius 1 is 1.44 bits per heavy atom. The number of nitrogens with zero attached hydrogens (tertiary/aromatic N) is 1. The molecule has 2 rings (SSSR count). The molecule has 0 bridgehead atoms. The van der Waals surface area contributed by atoms with Gasteiger partial charge < -0.3 is 9.47 Å². The van der Waals surface area contributed by atoms with Gasteiger partial charge in [0.15, 0.2) is 0 Å². The maximum absolute atomic E-state index is 13.2. The molecule has 0 saturated carbocycles. The molecule has 0 radical (unpaired) electrons. The number of halogens is 1. The van der Waals surface area contributed by atoms with Crippen molar-refractivity contribution in [3.05, 3.63) is 29.6 Å². The van der Waals surface area contributed by atoms with Crippen molar-refractivity contribution in [1.82, 2.24) is 0 Å². The Hall–Kier alpha value is -1.60. The summed E-state index contributed by atoms with van der Waals surface area (Å²) in [6, 6.07) is 6.62. The summed E-state index contributed by atoms with van der Waals surface area (Å²) in [4.78, 5) is 0. The van der Waals surface area contributed by atoms with E-state index in [2.05, 4.69) is 6.07 Å². The van der Waals surface area contributed by atoms with Crippen LogP contribution in [0.5, 0.6) is 5.75 Å². The van der Waals surface area contributed by atoms with Crippen molar-refractivity contribution in [1.29, 1.82) is 5.26 Å². The summed E-state index contributed by atoms with van der Waals surface area (Å²) >= 11 is 0. The highest BCUT2D eigenvalue weighted by atomic mass is 19.1. The largest absolute Gasteiger partial charge is 0.496 e. The molecule has 0 spiro atoms. The van der Waals surface area contributed by atoms with Crippen LogP contribution < -0.4 is 4.74 Å². The molecule has 0 unspecified atom stereocenters. The van der Waals surface area contributed by atoms with Crippen LogP contribution in [0.15, 0.2) is 18.2 Å². The summed E-state index contributed by atoms with van der Waals surface area (Å²) in [5.41, 5.74) is 0.820. The molecule has 1 fully saturated rings. The number of hydrogen-bond acceptors (Lipinski definition) is 3. The second-order valence-corrected chi connectivity index (χ2v) is 4.48. The summed E-state index contributed by atoms with van der Waals surface area (Å²) in [5.74, 6) is 0.418. The highest BCUT2D eigenvalue weighted by molar-refractivity contribution is 5.34. The number of benzene rings is 1. The van der Waals surface area contributed by atoms with Crippen LogP contribution in [0, 0.1) is 17.1 Å². The molecule has 1 aromatic carbocycles. The maximum atomic E-state index is 13.2. The molecule has 1 aliphatic heterocycles. The van der Waals surface area contributed by atoms with Gasteiger partial charge in [-0.1, -0.05) is 0 Å². The Balaban J connectivity index is 2.02. The van der Waals surface area contributed by atoms with Crippen LogP contribution in [0.3, 0.4) is 0 Å². The molecule has 0 aromatic heterocycles. The van der Waals surface area contributed by atoms with Gasteiger partial charge in [0.1, 0.15) is 11.6 Å². The minimum atomic E-state index is -0.266. The first-order chi connectivity index (χ1) is 8.72. The van der Waals surface area contributed by atoms with Crippen LogP contribution in [0.1, 0.15) is 24.8 Å². The van der Waals surface area contributed by atoms with E-state index in [0.717, 1.165) is 18.4 Å². The van der Waals surface area contributed by atoms with E-state index in [0.29, 0.717) is 18.6 Å². The van der Waals surface area contributed by atoms with Gasteiger partial charge in [-0.05, 0) is 36.6 Å². The highest BCUT2D eigenvalue weighted by Crippen LogP contribution is 2.28. The average Bonchev–Trinajstić information content (AvgIpc) is 2.77. The van der Waals surface area contributed by atoms with Crippen molar-refractivity contribution in [2.45, 2.75) is 37.9 Å². The molecule has 1 aliphatic rings. The first-order valence-electron chi connectivity index (χ1n) is 6.07. The zero-order valence-electron chi connectivity index (χ0n) is 10.4. The van der Waals surface area contributed by atoms with Gasteiger partial charge >= 0.3 is 0 Å². The van der Waals surface area contributed by atoms with E-state index in [1.54, 1.807) is 13.2 Å². The standard InChI is InChI=1S/C14H16FNO2/c1-17-14-5-2-11(15)8-10(14)9-13-4-3-12(18-13)6-7-16/h2,5,8,12-13H,3-4,6,9H2,1H3/t12-,13-/m1/s1. The van der Waals surface area contributed by atoms with E-state index >= 15 is 0 Å². The van der Waals surface area contributed by atoms with E-state index in [-0.39, 0.29) is 18.0 Å². The molecule has 1 saturated heterocycles. The third-order valence-electron chi connectivity index (χ3n) is 3.20.